The zero-order chi connectivity index (χ0) is 18.9. The third-order valence-corrected chi connectivity index (χ3v) is 6.31. The van der Waals surface area contributed by atoms with Crippen LogP contribution < -0.4 is 9.62 Å². The van der Waals surface area contributed by atoms with Gasteiger partial charge in [-0.15, -0.1) is 0 Å². The van der Waals surface area contributed by atoms with Gasteiger partial charge in [-0.25, -0.2) is 18.1 Å². The Balaban J connectivity index is 1.38. The van der Waals surface area contributed by atoms with Gasteiger partial charge in [0.05, 0.1) is 25.5 Å². The van der Waals surface area contributed by atoms with Crippen LogP contribution in [0.4, 0.5) is 5.82 Å². The van der Waals surface area contributed by atoms with Crippen molar-refractivity contribution in [1.29, 1.82) is 0 Å². The maximum atomic E-state index is 12.3. The summed E-state index contributed by atoms with van der Waals surface area (Å²) in [6.45, 7) is 5.24. The SMILES string of the molecule is Cc1cnn(CC2CN(c3ccc(S(=O)(=O)NCC4CC4)cn3)CCO2)c1. The molecule has 146 valence electrons. The largest absolute Gasteiger partial charge is 0.373 e. The number of nitrogens with one attached hydrogen (secondary N) is 1. The van der Waals surface area contributed by atoms with E-state index in [4.69, 9.17) is 4.74 Å². The molecule has 1 saturated carbocycles. The Kier molecular flexibility index (Phi) is 5.16. The number of hydrogen-bond donors (Lipinski definition) is 1. The number of aromatic nitrogens is 3. The predicted molar refractivity (Wildman–Crippen MR) is 101 cm³/mol. The molecule has 1 saturated heterocycles. The third-order valence-electron chi connectivity index (χ3n) is 4.91. The van der Waals surface area contributed by atoms with Gasteiger partial charge in [-0.1, -0.05) is 0 Å². The number of pyridine rings is 1. The zero-order valence-electron chi connectivity index (χ0n) is 15.4. The molecule has 0 spiro atoms. The highest BCUT2D eigenvalue weighted by Crippen LogP contribution is 2.28. The number of aryl methyl sites for hydroxylation is 1. The number of morpholine rings is 1. The van der Waals surface area contributed by atoms with Crippen molar-refractivity contribution >= 4 is 15.8 Å². The lowest BCUT2D eigenvalue weighted by Gasteiger charge is -2.33. The topological polar surface area (TPSA) is 89.4 Å². The Labute approximate surface area is 159 Å². The van der Waals surface area contributed by atoms with Crippen LogP contribution in [0.2, 0.25) is 0 Å². The van der Waals surface area contributed by atoms with Gasteiger partial charge in [-0.2, -0.15) is 5.10 Å². The molecule has 9 heteroatoms. The van der Waals surface area contributed by atoms with Crippen LogP contribution >= 0.6 is 0 Å². The lowest BCUT2D eigenvalue weighted by Crippen LogP contribution is -2.44. The number of ether oxygens (including phenoxy) is 1. The molecule has 1 N–H and O–H groups in total. The monoisotopic (exact) mass is 391 g/mol. The summed E-state index contributed by atoms with van der Waals surface area (Å²) in [6.07, 6.45) is 7.49. The number of rotatable bonds is 7. The second-order valence-electron chi connectivity index (χ2n) is 7.33. The molecule has 3 heterocycles. The Morgan fingerprint density at radius 1 is 1.30 bits per heavy atom. The van der Waals surface area contributed by atoms with E-state index in [1.165, 1.54) is 6.20 Å². The minimum atomic E-state index is -3.48. The summed E-state index contributed by atoms with van der Waals surface area (Å²) in [6, 6.07) is 3.39. The van der Waals surface area contributed by atoms with Gasteiger partial charge in [-0.05, 0) is 43.4 Å². The molecule has 4 rings (SSSR count). The van der Waals surface area contributed by atoms with E-state index in [0.29, 0.717) is 32.2 Å². The van der Waals surface area contributed by atoms with Crippen LogP contribution in [0.25, 0.3) is 0 Å². The van der Waals surface area contributed by atoms with Crippen LogP contribution in [-0.4, -0.2) is 55.5 Å². The predicted octanol–water partition coefficient (Wildman–Crippen LogP) is 1.18. The highest BCUT2D eigenvalue weighted by molar-refractivity contribution is 7.89. The summed E-state index contributed by atoms with van der Waals surface area (Å²) < 4.78 is 35.0. The number of sulfonamides is 1. The van der Waals surface area contributed by atoms with Crippen molar-refractivity contribution in [3.8, 4) is 0 Å². The van der Waals surface area contributed by atoms with Gasteiger partial charge in [0.25, 0.3) is 0 Å². The highest BCUT2D eigenvalue weighted by atomic mass is 32.2. The molecule has 2 fully saturated rings. The summed E-state index contributed by atoms with van der Waals surface area (Å²) in [5.41, 5.74) is 1.12. The smallest absolute Gasteiger partial charge is 0.242 e. The Hall–Kier alpha value is -1.97. The zero-order valence-corrected chi connectivity index (χ0v) is 16.2. The van der Waals surface area contributed by atoms with E-state index in [9.17, 15) is 8.42 Å². The van der Waals surface area contributed by atoms with Crippen molar-refractivity contribution in [2.45, 2.75) is 37.3 Å². The lowest BCUT2D eigenvalue weighted by molar-refractivity contribution is 0.0272. The second-order valence-corrected chi connectivity index (χ2v) is 9.09. The van der Waals surface area contributed by atoms with E-state index in [1.807, 2.05) is 24.0 Å². The van der Waals surface area contributed by atoms with E-state index in [2.05, 4.69) is 19.7 Å². The van der Waals surface area contributed by atoms with Crippen molar-refractivity contribution in [2.24, 2.45) is 5.92 Å². The van der Waals surface area contributed by atoms with Crippen LogP contribution in [0.5, 0.6) is 0 Å². The van der Waals surface area contributed by atoms with Crippen LogP contribution in [-0.2, 0) is 21.3 Å². The van der Waals surface area contributed by atoms with Crippen LogP contribution in [0.15, 0.2) is 35.6 Å². The first-order valence-electron chi connectivity index (χ1n) is 9.31. The Morgan fingerprint density at radius 3 is 2.81 bits per heavy atom. The first-order chi connectivity index (χ1) is 13.0. The minimum Gasteiger partial charge on any atom is -0.373 e. The second kappa shape index (κ2) is 7.57. The number of hydrogen-bond acceptors (Lipinski definition) is 6. The van der Waals surface area contributed by atoms with Gasteiger partial charge < -0.3 is 9.64 Å². The average Bonchev–Trinajstić information content (AvgIpc) is 3.42. The van der Waals surface area contributed by atoms with Crippen LogP contribution in [0, 0.1) is 12.8 Å². The Bertz CT molecular complexity index is 877. The van der Waals surface area contributed by atoms with Gasteiger partial charge in [0.1, 0.15) is 10.7 Å². The summed E-state index contributed by atoms with van der Waals surface area (Å²) in [7, 11) is -3.48. The molecule has 0 radical (unpaired) electrons. The summed E-state index contributed by atoms with van der Waals surface area (Å²) in [4.78, 5) is 6.72. The molecule has 0 amide bonds. The molecular formula is C18H25N5O3S. The molecule has 1 aliphatic carbocycles. The van der Waals surface area contributed by atoms with E-state index >= 15 is 0 Å². The molecule has 1 atom stereocenters. The van der Waals surface area contributed by atoms with Crippen molar-refractivity contribution < 1.29 is 13.2 Å². The van der Waals surface area contributed by atoms with E-state index < -0.39 is 10.0 Å². The molecule has 1 unspecified atom stereocenters. The third kappa shape index (κ3) is 4.66. The maximum absolute atomic E-state index is 12.3. The van der Waals surface area contributed by atoms with E-state index in [1.54, 1.807) is 12.1 Å². The van der Waals surface area contributed by atoms with Crippen molar-refractivity contribution in [1.82, 2.24) is 19.5 Å². The fraction of sp³-hybridized carbons (Fsp3) is 0.556. The lowest BCUT2D eigenvalue weighted by atomic mass is 10.2. The minimum absolute atomic E-state index is 0.0171. The molecule has 2 aromatic heterocycles. The average molecular weight is 391 g/mol. The van der Waals surface area contributed by atoms with Gasteiger partial charge in [0.15, 0.2) is 0 Å². The van der Waals surface area contributed by atoms with Gasteiger partial charge in [0.2, 0.25) is 10.0 Å². The molecule has 27 heavy (non-hydrogen) atoms. The molecule has 2 aliphatic rings. The number of nitrogens with zero attached hydrogens (tertiary/aromatic N) is 4. The van der Waals surface area contributed by atoms with Crippen molar-refractivity contribution in [2.75, 3.05) is 31.1 Å². The first kappa shape index (κ1) is 18.4. The molecular weight excluding hydrogens is 366 g/mol. The molecule has 0 aromatic carbocycles. The van der Waals surface area contributed by atoms with Crippen molar-refractivity contribution in [3.05, 3.63) is 36.3 Å². The van der Waals surface area contributed by atoms with Crippen molar-refractivity contribution in [3.63, 3.8) is 0 Å². The first-order valence-corrected chi connectivity index (χ1v) is 10.8. The fourth-order valence-electron chi connectivity index (χ4n) is 3.16. The Morgan fingerprint density at radius 2 is 2.15 bits per heavy atom. The highest BCUT2D eigenvalue weighted by Gasteiger charge is 2.25. The van der Waals surface area contributed by atoms with Gasteiger partial charge >= 0.3 is 0 Å². The number of anilines is 1. The summed E-state index contributed by atoms with van der Waals surface area (Å²) >= 11 is 0. The maximum Gasteiger partial charge on any atom is 0.242 e. The standard InChI is InChI=1S/C18H25N5O3S/c1-14-8-20-23(11-14)13-16-12-22(6-7-26-16)18-5-4-17(10-19-18)27(24,25)21-9-15-2-3-15/h4-5,8,10-11,15-16,21H,2-3,6-7,9,12-13H2,1H3. The van der Waals surface area contributed by atoms with Gasteiger partial charge in [-0.3, -0.25) is 4.68 Å². The molecule has 0 bridgehead atoms. The van der Waals surface area contributed by atoms with E-state index in [-0.39, 0.29) is 11.0 Å². The van der Waals surface area contributed by atoms with Crippen LogP contribution in [0.3, 0.4) is 0 Å². The summed E-state index contributed by atoms with van der Waals surface area (Å²) in [5, 5.41) is 4.31. The molecule has 2 aromatic rings. The van der Waals surface area contributed by atoms with Gasteiger partial charge in [0, 0.05) is 32.0 Å². The van der Waals surface area contributed by atoms with E-state index in [0.717, 1.165) is 30.8 Å². The fourth-order valence-corrected chi connectivity index (χ4v) is 4.23. The quantitative estimate of drug-likeness (QED) is 0.762. The normalized spacial score (nSPS) is 20.8. The summed E-state index contributed by atoms with van der Waals surface area (Å²) in [5.74, 6) is 1.26. The van der Waals surface area contributed by atoms with Crippen LogP contribution in [0.1, 0.15) is 18.4 Å². The molecule has 8 nitrogen and oxygen atoms in total. The molecule has 1 aliphatic heterocycles.